The molecule has 1 aromatic heterocycles. The Morgan fingerprint density at radius 2 is 2.00 bits per heavy atom. The van der Waals surface area contributed by atoms with E-state index in [1.54, 1.807) is 7.11 Å². The van der Waals surface area contributed by atoms with Crippen LogP contribution in [0.5, 0.6) is 0 Å². The predicted molar refractivity (Wildman–Crippen MR) is 96.3 cm³/mol. The minimum absolute atomic E-state index is 0.0665. The third-order valence-electron chi connectivity index (χ3n) is 5.25. The third-order valence-corrected chi connectivity index (χ3v) is 5.25. The van der Waals surface area contributed by atoms with Crippen LogP contribution in [-0.4, -0.2) is 19.2 Å². The number of hydrogen-bond acceptors (Lipinski definition) is 4. The molecule has 0 saturated heterocycles. The Hall–Kier alpha value is -2.07. The van der Waals surface area contributed by atoms with Gasteiger partial charge in [0, 0.05) is 18.6 Å². The normalized spacial score (nSPS) is 28.8. The molecule has 0 radical (unpaired) electrons. The number of aryl methyl sites for hydroxylation is 1. The lowest BCUT2D eigenvalue weighted by atomic mass is 9.86. The summed E-state index contributed by atoms with van der Waals surface area (Å²) < 4.78 is 17.7. The summed E-state index contributed by atoms with van der Waals surface area (Å²) >= 11 is 0. The molecule has 134 valence electrons. The quantitative estimate of drug-likeness (QED) is 0.586. The van der Waals surface area contributed by atoms with Gasteiger partial charge in [-0.05, 0) is 51.3 Å². The highest BCUT2D eigenvalue weighted by atomic mass is 16.5. The van der Waals surface area contributed by atoms with E-state index in [0.29, 0.717) is 6.42 Å². The fraction of sp³-hybridized carbons (Fsp3) is 0.476. The first-order valence-electron chi connectivity index (χ1n) is 8.69. The molecule has 3 heterocycles. The van der Waals surface area contributed by atoms with Crippen molar-refractivity contribution in [3.63, 3.8) is 0 Å². The molecular weight excluding hydrogens is 316 g/mol. The van der Waals surface area contributed by atoms with Crippen molar-refractivity contribution in [2.75, 3.05) is 7.11 Å². The van der Waals surface area contributed by atoms with E-state index in [0.717, 1.165) is 40.2 Å². The summed E-state index contributed by atoms with van der Waals surface area (Å²) in [5.74, 6) is 1.23. The van der Waals surface area contributed by atoms with Crippen molar-refractivity contribution in [3.8, 4) is 0 Å². The van der Waals surface area contributed by atoms with Gasteiger partial charge in [-0.3, -0.25) is 0 Å². The van der Waals surface area contributed by atoms with Gasteiger partial charge in [0.05, 0.1) is 5.92 Å². The summed E-state index contributed by atoms with van der Waals surface area (Å²) in [7, 11) is 1.69. The largest absolute Gasteiger partial charge is 0.462 e. The average Bonchev–Trinajstić information content (AvgIpc) is 3.05. The number of ether oxygens (including phenoxy) is 2. The van der Waals surface area contributed by atoms with Gasteiger partial charge in [-0.1, -0.05) is 24.3 Å². The van der Waals surface area contributed by atoms with E-state index in [9.17, 15) is 4.79 Å². The number of fused-ring (bicyclic) bond motifs is 3. The maximum Gasteiger partial charge on any atom is 0.334 e. The SMILES string of the molecule is C=C(C)[C@@H]1CCC2=C[C@@H](OC2=O)[C@@H](C(=C)C)c2cc(C)c(o2)[C@H]1OC. The second kappa shape index (κ2) is 6.68. The molecule has 2 aliphatic heterocycles. The van der Waals surface area contributed by atoms with Gasteiger partial charge in [-0.2, -0.15) is 0 Å². The summed E-state index contributed by atoms with van der Waals surface area (Å²) in [6.07, 6.45) is 2.75. The molecule has 0 saturated carbocycles. The molecule has 25 heavy (non-hydrogen) atoms. The molecule has 0 fully saturated rings. The Balaban J connectivity index is 2.15. The van der Waals surface area contributed by atoms with Crippen LogP contribution in [0.3, 0.4) is 0 Å². The lowest BCUT2D eigenvalue weighted by molar-refractivity contribution is -0.140. The monoisotopic (exact) mass is 342 g/mol. The van der Waals surface area contributed by atoms with Crippen LogP contribution in [0.15, 0.2) is 46.4 Å². The zero-order valence-electron chi connectivity index (χ0n) is 15.4. The predicted octanol–water partition coefficient (Wildman–Crippen LogP) is 4.77. The Bertz CT molecular complexity index is 752. The molecule has 3 rings (SSSR count). The minimum Gasteiger partial charge on any atom is -0.462 e. The van der Waals surface area contributed by atoms with E-state index in [1.165, 1.54) is 0 Å². The first-order valence-corrected chi connectivity index (χ1v) is 8.69. The topological polar surface area (TPSA) is 48.7 Å². The fourth-order valence-corrected chi connectivity index (χ4v) is 3.91. The van der Waals surface area contributed by atoms with E-state index >= 15 is 0 Å². The summed E-state index contributed by atoms with van der Waals surface area (Å²) in [5.41, 5.74) is 3.68. The second-order valence-corrected chi connectivity index (χ2v) is 7.23. The summed E-state index contributed by atoms with van der Waals surface area (Å²) in [6, 6.07) is 2.01. The number of carbonyl (C=O) groups is 1. The zero-order chi connectivity index (χ0) is 18.3. The highest BCUT2D eigenvalue weighted by molar-refractivity contribution is 5.91. The van der Waals surface area contributed by atoms with Crippen molar-refractivity contribution in [1.29, 1.82) is 0 Å². The zero-order valence-corrected chi connectivity index (χ0v) is 15.4. The number of methoxy groups -OCH3 is 1. The molecule has 0 aromatic carbocycles. The van der Waals surface area contributed by atoms with Crippen molar-refractivity contribution in [2.45, 2.75) is 51.7 Å². The highest BCUT2D eigenvalue weighted by Gasteiger charge is 2.38. The van der Waals surface area contributed by atoms with Gasteiger partial charge in [0.2, 0.25) is 0 Å². The van der Waals surface area contributed by atoms with Crippen molar-refractivity contribution in [1.82, 2.24) is 0 Å². The number of esters is 1. The van der Waals surface area contributed by atoms with Crippen LogP contribution in [0.2, 0.25) is 0 Å². The average molecular weight is 342 g/mol. The third kappa shape index (κ3) is 3.11. The maximum atomic E-state index is 12.3. The molecule has 4 nitrogen and oxygen atoms in total. The van der Waals surface area contributed by atoms with Crippen LogP contribution < -0.4 is 0 Å². The number of hydrogen-bond donors (Lipinski definition) is 0. The fourth-order valence-electron chi connectivity index (χ4n) is 3.91. The van der Waals surface area contributed by atoms with Gasteiger partial charge in [0.1, 0.15) is 23.7 Å². The van der Waals surface area contributed by atoms with Gasteiger partial charge in [0.25, 0.3) is 0 Å². The molecule has 4 bridgehead atoms. The lowest BCUT2D eigenvalue weighted by Crippen LogP contribution is -2.20. The first kappa shape index (κ1) is 17.7. The Kier molecular flexibility index (Phi) is 4.74. The lowest BCUT2D eigenvalue weighted by Gasteiger charge is -2.26. The number of carbonyl (C=O) groups excluding carboxylic acids is 1. The van der Waals surface area contributed by atoms with Gasteiger partial charge >= 0.3 is 5.97 Å². The molecule has 4 atom stereocenters. The molecule has 0 unspecified atom stereocenters. The first-order chi connectivity index (χ1) is 11.8. The minimum atomic E-state index is -0.360. The number of rotatable bonds is 3. The standard InChI is InChI=1S/C21H26O4/c1-11(2)15-8-7-14-10-17(25-21(14)22)18(12(3)4)16-9-13(5)19(24-16)20(15)23-6/h9-10,15,17-18,20H,1,3,7-8H2,2,4-6H3/t15-,17+,18-,20-/m0/s1. The van der Waals surface area contributed by atoms with Gasteiger partial charge < -0.3 is 13.9 Å². The highest BCUT2D eigenvalue weighted by Crippen LogP contribution is 2.43. The molecule has 0 N–H and O–H groups in total. The molecule has 0 aliphatic carbocycles. The Labute approximate surface area is 149 Å². The molecule has 2 aliphatic rings. The Morgan fingerprint density at radius 1 is 1.28 bits per heavy atom. The maximum absolute atomic E-state index is 12.3. The molecule has 4 heteroatoms. The van der Waals surface area contributed by atoms with E-state index in [2.05, 4.69) is 13.2 Å². The summed E-state index contributed by atoms with van der Waals surface area (Å²) in [6.45, 7) is 14.2. The second-order valence-electron chi connectivity index (χ2n) is 7.23. The van der Waals surface area contributed by atoms with Crippen molar-refractivity contribution in [2.24, 2.45) is 5.92 Å². The van der Waals surface area contributed by atoms with Crippen molar-refractivity contribution >= 4 is 5.97 Å². The molecule has 0 spiro atoms. The van der Waals surface area contributed by atoms with E-state index in [1.807, 2.05) is 32.9 Å². The van der Waals surface area contributed by atoms with Crippen LogP contribution >= 0.6 is 0 Å². The van der Waals surface area contributed by atoms with Crippen molar-refractivity contribution < 1.29 is 18.7 Å². The van der Waals surface area contributed by atoms with Gasteiger partial charge in [-0.15, -0.1) is 0 Å². The van der Waals surface area contributed by atoms with E-state index in [4.69, 9.17) is 13.9 Å². The van der Waals surface area contributed by atoms with Gasteiger partial charge in [-0.25, -0.2) is 4.79 Å². The summed E-state index contributed by atoms with van der Waals surface area (Å²) in [5, 5.41) is 0. The molecular formula is C21H26O4. The molecule has 0 amide bonds. The van der Waals surface area contributed by atoms with E-state index in [-0.39, 0.29) is 30.0 Å². The van der Waals surface area contributed by atoms with Crippen LogP contribution in [0, 0.1) is 12.8 Å². The van der Waals surface area contributed by atoms with Crippen molar-refractivity contribution in [3.05, 3.63) is 59.1 Å². The van der Waals surface area contributed by atoms with Crippen LogP contribution in [0.1, 0.15) is 55.8 Å². The summed E-state index contributed by atoms with van der Waals surface area (Å²) in [4.78, 5) is 12.3. The molecule has 1 aromatic rings. The van der Waals surface area contributed by atoms with Gasteiger partial charge in [0.15, 0.2) is 0 Å². The number of furan rings is 1. The Morgan fingerprint density at radius 3 is 2.60 bits per heavy atom. The van der Waals surface area contributed by atoms with Crippen LogP contribution in [0.4, 0.5) is 0 Å². The van der Waals surface area contributed by atoms with E-state index < -0.39 is 0 Å². The van der Waals surface area contributed by atoms with Crippen LogP contribution in [0.25, 0.3) is 0 Å². The van der Waals surface area contributed by atoms with Crippen LogP contribution in [-0.2, 0) is 14.3 Å². The smallest absolute Gasteiger partial charge is 0.334 e.